The fourth-order valence-corrected chi connectivity index (χ4v) is 3.48. The molecule has 3 rings (SSSR count). The SMILES string of the molecule is CCCCn1cc(S(=O)Nc2c[nH]c3cc(F)c(F)cc23)c(C)n1. The standard InChI is InChI=1S/C16H18F2N4OS/c1-3-4-5-22-9-16(10(2)20-22)24(23)21-15-8-19-14-7-13(18)12(17)6-11(14)15/h6-9,19,21H,3-5H2,1-2H3. The van der Waals surface area contributed by atoms with Gasteiger partial charge in [-0.15, -0.1) is 0 Å². The van der Waals surface area contributed by atoms with Crippen LogP contribution in [-0.2, 0) is 17.5 Å². The van der Waals surface area contributed by atoms with E-state index in [1.165, 1.54) is 6.20 Å². The summed E-state index contributed by atoms with van der Waals surface area (Å²) in [6, 6.07) is 2.16. The highest BCUT2D eigenvalue weighted by molar-refractivity contribution is 7.86. The number of aromatic amines is 1. The number of nitrogens with zero attached hydrogens (tertiary/aromatic N) is 2. The van der Waals surface area contributed by atoms with Crippen LogP contribution in [0, 0.1) is 18.6 Å². The van der Waals surface area contributed by atoms with Crippen LogP contribution in [0.4, 0.5) is 14.5 Å². The Morgan fingerprint density at radius 1 is 1.33 bits per heavy atom. The van der Waals surface area contributed by atoms with Gasteiger partial charge >= 0.3 is 0 Å². The average molecular weight is 352 g/mol. The number of fused-ring (bicyclic) bond motifs is 1. The second-order valence-corrected chi connectivity index (χ2v) is 6.76. The summed E-state index contributed by atoms with van der Waals surface area (Å²) in [6.45, 7) is 4.66. The third-order valence-corrected chi connectivity index (χ3v) is 4.97. The quantitative estimate of drug-likeness (QED) is 0.707. The molecule has 0 aliphatic carbocycles. The second-order valence-electron chi connectivity index (χ2n) is 5.58. The van der Waals surface area contributed by atoms with Crippen molar-refractivity contribution in [3.8, 4) is 0 Å². The van der Waals surface area contributed by atoms with E-state index in [0.717, 1.165) is 31.5 Å². The smallest absolute Gasteiger partial charge is 0.160 e. The molecule has 0 aliphatic heterocycles. The molecule has 2 aromatic heterocycles. The minimum absolute atomic E-state index is 0.434. The number of H-pyrrole nitrogens is 1. The lowest BCUT2D eigenvalue weighted by Gasteiger charge is -2.04. The van der Waals surface area contributed by atoms with Crippen LogP contribution >= 0.6 is 0 Å². The van der Waals surface area contributed by atoms with Crippen LogP contribution in [0.3, 0.4) is 0 Å². The Bertz CT molecular complexity index is 903. The molecule has 3 aromatic rings. The summed E-state index contributed by atoms with van der Waals surface area (Å²) in [6.07, 6.45) is 5.34. The van der Waals surface area contributed by atoms with Crippen LogP contribution in [0.5, 0.6) is 0 Å². The van der Waals surface area contributed by atoms with Gasteiger partial charge in [-0.3, -0.25) is 9.40 Å². The first-order valence-electron chi connectivity index (χ1n) is 7.68. The molecule has 0 fully saturated rings. The Balaban J connectivity index is 1.85. The lowest BCUT2D eigenvalue weighted by molar-refractivity contribution is 0.511. The molecule has 5 nitrogen and oxygen atoms in total. The molecule has 1 atom stereocenters. The third-order valence-electron chi connectivity index (χ3n) is 3.77. The first-order valence-corrected chi connectivity index (χ1v) is 8.83. The van der Waals surface area contributed by atoms with Gasteiger partial charge in [-0.05, 0) is 19.4 Å². The molecular formula is C16H18F2N4OS. The predicted octanol–water partition coefficient (Wildman–Crippen LogP) is 3.89. The summed E-state index contributed by atoms with van der Waals surface area (Å²) in [5, 5.41) is 4.80. The molecule has 128 valence electrons. The molecule has 2 heterocycles. The first kappa shape index (κ1) is 16.6. The van der Waals surface area contributed by atoms with Crippen molar-refractivity contribution in [2.24, 2.45) is 0 Å². The molecule has 0 saturated carbocycles. The van der Waals surface area contributed by atoms with Crippen molar-refractivity contribution < 1.29 is 13.0 Å². The normalized spacial score (nSPS) is 12.7. The van der Waals surface area contributed by atoms with Crippen molar-refractivity contribution in [3.63, 3.8) is 0 Å². The largest absolute Gasteiger partial charge is 0.359 e. The van der Waals surface area contributed by atoms with Crippen LogP contribution < -0.4 is 4.72 Å². The third kappa shape index (κ3) is 3.19. The summed E-state index contributed by atoms with van der Waals surface area (Å²) in [5.41, 5.74) is 1.56. The summed E-state index contributed by atoms with van der Waals surface area (Å²) in [7, 11) is -1.55. The van der Waals surface area contributed by atoms with E-state index in [1.54, 1.807) is 17.8 Å². The van der Waals surface area contributed by atoms with Gasteiger partial charge < -0.3 is 4.98 Å². The molecule has 0 spiro atoms. The van der Waals surface area contributed by atoms with Crippen molar-refractivity contribution in [1.29, 1.82) is 0 Å². The van der Waals surface area contributed by atoms with Gasteiger partial charge in [-0.25, -0.2) is 13.0 Å². The van der Waals surface area contributed by atoms with Crippen molar-refractivity contribution in [1.82, 2.24) is 14.8 Å². The Kier molecular flexibility index (Phi) is 4.66. The van der Waals surface area contributed by atoms with Crippen molar-refractivity contribution in [3.05, 3.63) is 41.9 Å². The summed E-state index contributed by atoms with van der Waals surface area (Å²) in [5.74, 6) is -1.87. The number of hydrogen-bond donors (Lipinski definition) is 2. The van der Waals surface area contributed by atoms with E-state index in [1.807, 2.05) is 0 Å². The number of aryl methyl sites for hydroxylation is 2. The molecule has 0 aliphatic rings. The maximum absolute atomic E-state index is 13.4. The molecule has 8 heteroatoms. The van der Waals surface area contributed by atoms with Crippen molar-refractivity contribution in [2.45, 2.75) is 38.1 Å². The highest BCUT2D eigenvalue weighted by Gasteiger charge is 2.15. The molecule has 0 saturated heterocycles. The number of unbranched alkanes of at least 4 members (excludes halogenated alkanes) is 1. The van der Waals surface area contributed by atoms with E-state index in [-0.39, 0.29) is 0 Å². The van der Waals surface area contributed by atoms with E-state index in [9.17, 15) is 13.0 Å². The van der Waals surface area contributed by atoms with Gasteiger partial charge in [-0.1, -0.05) is 13.3 Å². The minimum atomic E-state index is -1.55. The van der Waals surface area contributed by atoms with Crippen molar-refractivity contribution >= 4 is 27.6 Å². The Hall–Kier alpha value is -2.22. The topological polar surface area (TPSA) is 62.7 Å². The molecule has 1 aromatic carbocycles. The Morgan fingerprint density at radius 2 is 2.08 bits per heavy atom. The van der Waals surface area contributed by atoms with Gasteiger partial charge in [0.2, 0.25) is 0 Å². The highest BCUT2D eigenvalue weighted by atomic mass is 32.2. The zero-order valence-electron chi connectivity index (χ0n) is 13.4. The van der Waals surface area contributed by atoms with Gasteiger partial charge in [0.25, 0.3) is 0 Å². The number of halogens is 2. The van der Waals surface area contributed by atoms with Gasteiger partial charge in [0.1, 0.15) is 4.90 Å². The number of aromatic nitrogens is 3. The molecule has 1 unspecified atom stereocenters. The lowest BCUT2D eigenvalue weighted by atomic mass is 10.2. The summed E-state index contributed by atoms with van der Waals surface area (Å²) >= 11 is 0. The lowest BCUT2D eigenvalue weighted by Crippen LogP contribution is -2.05. The maximum atomic E-state index is 13.4. The summed E-state index contributed by atoms with van der Waals surface area (Å²) in [4.78, 5) is 3.41. The maximum Gasteiger partial charge on any atom is 0.160 e. The first-order chi connectivity index (χ1) is 11.5. The molecule has 2 N–H and O–H groups in total. The summed E-state index contributed by atoms with van der Waals surface area (Å²) < 4.78 is 43.9. The van der Waals surface area contributed by atoms with E-state index in [4.69, 9.17) is 0 Å². The minimum Gasteiger partial charge on any atom is -0.359 e. The van der Waals surface area contributed by atoms with E-state index in [2.05, 4.69) is 21.7 Å². The number of hydrogen-bond acceptors (Lipinski definition) is 2. The molecular weight excluding hydrogens is 334 g/mol. The fourth-order valence-electron chi connectivity index (χ4n) is 2.47. The van der Waals surface area contributed by atoms with Crippen LogP contribution in [0.1, 0.15) is 25.5 Å². The van der Waals surface area contributed by atoms with E-state index in [0.29, 0.717) is 27.2 Å². The average Bonchev–Trinajstić information content (AvgIpc) is 3.10. The van der Waals surface area contributed by atoms with Gasteiger partial charge in [0.05, 0.1) is 16.9 Å². The Labute approximate surface area is 140 Å². The van der Waals surface area contributed by atoms with Crippen LogP contribution in [0.25, 0.3) is 10.9 Å². The number of rotatable bonds is 6. The Morgan fingerprint density at radius 3 is 2.83 bits per heavy atom. The number of nitrogens with one attached hydrogen (secondary N) is 2. The van der Waals surface area contributed by atoms with Gasteiger partial charge in [0.15, 0.2) is 22.6 Å². The van der Waals surface area contributed by atoms with Gasteiger partial charge in [0, 0.05) is 30.4 Å². The van der Waals surface area contributed by atoms with E-state index < -0.39 is 22.6 Å². The fraction of sp³-hybridized carbons (Fsp3) is 0.312. The molecule has 24 heavy (non-hydrogen) atoms. The van der Waals surface area contributed by atoms with Crippen molar-refractivity contribution in [2.75, 3.05) is 4.72 Å². The van der Waals surface area contributed by atoms with Crippen LogP contribution in [0.2, 0.25) is 0 Å². The predicted molar refractivity (Wildman–Crippen MR) is 90.1 cm³/mol. The second kappa shape index (κ2) is 6.72. The van der Waals surface area contributed by atoms with Crippen LogP contribution in [0.15, 0.2) is 29.4 Å². The zero-order valence-corrected chi connectivity index (χ0v) is 14.2. The van der Waals surface area contributed by atoms with Crippen LogP contribution in [-0.4, -0.2) is 19.0 Å². The highest BCUT2D eigenvalue weighted by Crippen LogP contribution is 2.27. The number of benzene rings is 1. The van der Waals surface area contributed by atoms with Gasteiger partial charge in [-0.2, -0.15) is 5.10 Å². The molecule has 0 bridgehead atoms. The van der Waals surface area contributed by atoms with E-state index >= 15 is 0 Å². The number of anilines is 1. The zero-order chi connectivity index (χ0) is 17.3. The monoisotopic (exact) mass is 352 g/mol. The molecule has 0 radical (unpaired) electrons. The molecule has 0 amide bonds.